The van der Waals surface area contributed by atoms with Crippen LogP contribution in [0.25, 0.3) is 0 Å². The molecule has 4 heteroatoms. The maximum atomic E-state index is 9.53. The Labute approximate surface area is 150 Å². The van der Waals surface area contributed by atoms with Gasteiger partial charge < -0.3 is 15.3 Å². The monoisotopic (exact) mass is 358 g/mol. The summed E-state index contributed by atoms with van der Waals surface area (Å²) in [5.74, 6) is 0. The van der Waals surface area contributed by atoms with Crippen LogP contribution in [0.4, 0.5) is 0 Å². The molecule has 0 aliphatic heterocycles. The third-order valence-electron chi connectivity index (χ3n) is 0.940. The Morgan fingerprint density at radius 3 is 0.950 bits per heavy atom. The third-order valence-corrected chi connectivity index (χ3v) is 0.940. The first kappa shape index (κ1) is 28.4. The molecule has 0 bridgehead atoms. The maximum absolute atomic E-state index is 9.53. The van der Waals surface area contributed by atoms with Gasteiger partial charge in [0.05, 0.1) is 0 Å². The van der Waals surface area contributed by atoms with Crippen LogP contribution in [0.3, 0.4) is 0 Å². The second-order valence-electron chi connectivity index (χ2n) is 4.80. The van der Waals surface area contributed by atoms with Crippen LogP contribution < -0.4 is 15.3 Å². The molecule has 0 amide bonds. The van der Waals surface area contributed by atoms with Crippen molar-refractivity contribution < 1.29 is 48.0 Å². The van der Waals surface area contributed by atoms with Crippen molar-refractivity contribution in [2.24, 2.45) is 0 Å². The van der Waals surface area contributed by atoms with E-state index in [1.54, 1.807) is 41.5 Å². The Kier molecular flexibility index (Phi) is 30.5. The van der Waals surface area contributed by atoms with Crippen molar-refractivity contribution in [1.82, 2.24) is 0 Å². The van der Waals surface area contributed by atoms with Crippen molar-refractivity contribution in [2.45, 2.75) is 66.8 Å². The van der Waals surface area contributed by atoms with Gasteiger partial charge in [-0.25, -0.2) is 0 Å². The summed E-state index contributed by atoms with van der Waals surface area (Å²) in [6.07, 6.45) is -1.25. The Morgan fingerprint density at radius 1 is 0.650 bits per heavy atom. The first-order valence-corrected chi connectivity index (χ1v) is 6.58. The predicted octanol–water partition coefficient (Wildman–Crippen LogP) is 1.26. The zero-order valence-corrected chi connectivity index (χ0v) is 16.8. The van der Waals surface area contributed by atoms with E-state index in [4.69, 9.17) is 0 Å². The maximum Gasteiger partial charge on any atom is 3.00 e. The standard InChI is InChI=1S/C7H8.3C3H7O.Y/c1-7-5-3-2-4-6-7;3*1-3(2)4;/h2-6H,1H3;3*3H,1-2H3;/q;3*-1;+3. The molecule has 114 valence electrons. The zero-order valence-electron chi connectivity index (χ0n) is 13.9. The Hall–Kier alpha value is 0.204. The molecule has 3 nitrogen and oxygen atoms in total. The first-order valence-electron chi connectivity index (χ1n) is 6.58. The van der Waals surface area contributed by atoms with Crippen LogP contribution in [0.1, 0.15) is 47.1 Å². The van der Waals surface area contributed by atoms with Gasteiger partial charge >= 0.3 is 32.7 Å². The van der Waals surface area contributed by atoms with Crippen LogP contribution >= 0.6 is 0 Å². The van der Waals surface area contributed by atoms with Gasteiger partial charge in [0, 0.05) is 0 Å². The van der Waals surface area contributed by atoms with E-state index in [-0.39, 0.29) is 32.7 Å². The van der Waals surface area contributed by atoms with Gasteiger partial charge in [-0.15, -0.1) is 18.3 Å². The van der Waals surface area contributed by atoms with Gasteiger partial charge in [-0.3, -0.25) is 0 Å². The fourth-order valence-electron chi connectivity index (χ4n) is 0.534. The molecule has 0 heterocycles. The van der Waals surface area contributed by atoms with E-state index in [1.807, 2.05) is 18.2 Å². The van der Waals surface area contributed by atoms with Crippen LogP contribution in [-0.2, 0) is 32.7 Å². The number of hydrogen-bond donors (Lipinski definition) is 0. The van der Waals surface area contributed by atoms with E-state index in [0.717, 1.165) is 0 Å². The second kappa shape index (κ2) is 21.5. The predicted molar refractivity (Wildman–Crippen MR) is 76.6 cm³/mol. The molecule has 1 aromatic carbocycles. The molecule has 0 atom stereocenters. The van der Waals surface area contributed by atoms with Gasteiger partial charge in [-0.1, -0.05) is 77.4 Å². The molecular weight excluding hydrogens is 329 g/mol. The minimum absolute atomic E-state index is 0. The third kappa shape index (κ3) is 80.1. The fourth-order valence-corrected chi connectivity index (χ4v) is 0.534. The van der Waals surface area contributed by atoms with Crippen molar-refractivity contribution >= 4 is 0 Å². The van der Waals surface area contributed by atoms with Crippen molar-refractivity contribution in [1.29, 1.82) is 0 Å². The van der Waals surface area contributed by atoms with Crippen LogP contribution in [0, 0.1) is 6.92 Å². The van der Waals surface area contributed by atoms with E-state index in [0.29, 0.717) is 0 Å². The first-order chi connectivity index (χ1) is 8.59. The van der Waals surface area contributed by atoms with Gasteiger partial charge in [0.15, 0.2) is 0 Å². The van der Waals surface area contributed by atoms with E-state index in [9.17, 15) is 15.3 Å². The smallest absolute Gasteiger partial charge is 0.852 e. The normalized spacial score (nSPS) is 8.45. The molecule has 0 aromatic heterocycles. The van der Waals surface area contributed by atoms with Crippen LogP contribution in [0.5, 0.6) is 0 Å². The van der Waals surface area contributed by atoms with E-state index in [2.05, 4.69) is 19.1 Å². The summed E-state index contributed by atoms with van der Waals surface area (Å²) in [6, 6.07) is 10.3. The largest absolute Gasteiger partial charge is 3.00 e. The SMILES string of the molecule is CC(C)[O-].CC(C)[O-].CC(C)[O-].Cc1ccccc1.[Y+3]. The molecule has 0 spiro atoms. The molecule has 0 N–H and O–H groups in total. The Bertz CT molecular complexity index is 227. The summed E-state index contributed by atoms with van der Waals surface area (Å²) in [7, 11) is 0. The summed E-state index contributed by atoms with van der Waals surface area (Å²) >= 11 is 0. The number of benzene rings is 1. The number of rotatable bonds is 0. The van der Waals surface area contributed by atoms with Crippen LogP contribution in [-0.4, -0.2) is 18.3 Å². The molecule has 0 saturated carbocycles. The zero-order chi connectivity index (χ0) is 15.8. The van der Waals surface area contributed by atoms with Crippen LogP contribution in [0.2, 0.25) is 0 Å². The summed E-state index contributed by atoms with van der Waals surface area (Å²) in [4.78, 5) is 0. The average molecular weight is 358 g/mol. The molecular formula is C16H29O3Y. The van der Waals surface area contributed by atoms with Gasteiger partial charge in [0.25, 0.3) is 0 Å². The molecule has 0 radical (unpaired) electrons. The number of hydrogen-bond acceptors (Lipinski definition) is 3. The second-order valence-corrected chi connectivity index (χ2v) is 4.80. The fraction of sp³-hybridized carbons (Fsp3) is 0.625. The summed E-state index contributed by atoms with van der Waals surface area (Å²) in [6.45, 7) is 11.8. The topological polar surface area (TPSA) is 69.2 Å². The van der Waals surface area contributed by atoms with Crippen molar-refractivity contribution in [3.05, 3.63) is 35.9 Å². The Balaban J connectivity index is -0.0000000881. The van der Waals surface area contributed by atoms with Gasteiger partial charge in [0.2, 0.25) is 0 Å². The molecule has 0 saturated heterocycles. The minimum Gasteiger partial charge on any atom is -0.852 e. The summed E-state index contributed by atoms with van der Waals surface area (Å²) in [5, 5.41) is 28.6. The van der Waals surface area contributed by atoms with Gasteiger partial charge in [-0.2, -0.15) is 0 Å². The molecule has 0 fully saturated rings. The quantitative estimate of drug-likeness (QED) is 0.701. The van der Waals surface area contributed by atoms with E-state index < -0.39 is 18.3 Å². The van der Waals surface area contributed by atoms with E-state index in [1.165, 1.54) is 5.56 Å². The summed E-state index contributed by atoms with van der Waals surface area (Å²) < 4.78 is 0. The van der Waals surface area contributed by atoms with Gasteiger partial charge in [0.1, 0.15) is 0 Å². The number of aryl methyl sites for hydroxylation is 1. The van der Waals surface area contributed by atoms with Crippen molar-refractivity contribution in [3.8, 4) is 0 Å². The summed E-state index contributed by atoms with van der Waals surface area (Å²) in [5.41, 5.74) is 1.32. The van der Waals surface area contributed by atoms with Crippen molar-refractivity contribution in [3.63, 3.8) is 0 Å². The average Bonchev–Trinajstić information content (AvgIpc) is 2.15. The molecule has 0 unspecified atom stereocenters. The van der Waals surface area contributed by atoms with Crippen molar-refractivity contribution in [2.75, 3.05) is 0 Å². The molecule has 20 heavy (non-hydrogen) atoms. The molecule has 0 aliphatic carbocycles. The molecule has 1 aromatic rings. The molecule has 1 rings (SSSR count). The Morgan fingerprint density at radius 2 is 0.850 bits per heavy atom. The minimum atomic E-state index is -0.417. The van der Waals surface area contributed by atoms with Crippen LogP contribution in [0.15, 0.2) is 30.3 Å². The molecule has 0 aliphatic rings. The van der Waals surface area contributed by atoms with Gasteiger partial charge in [-0.05, 0) is 6.92 Å². The van der Waals surface area contributed by atoms with E-state index >= 15 is 0 Å².